The number of hydrogen-bond donors (Lipinski definition) is 3. The molecular weight excluding hydrogens is 1130 g/mol. The van der Waals surface area contributed by atoms with Gasteiger partial charge in [-0.3, -0.25) is 9.59 Å². The number of anilines is 5. The van der Waals surface area contributed by atoms with Crippen molar-refractivity contribution in [3.05, 3.63) is 158 Å². The predicted octanol–water partition coefficient (Wildman–Crippen LogP) is 9.66. The second-order valence-electron chi connectivity index (χ2n) is 22.5. The summed E-state index contributed by atoms with van der Waals surface area (Å²) < 4.78 is 73.1. The standard InChI is InChI=1S/C31H39ClN6O2S.C31H34F2N6O3S/c1-21-19-22(2)28(23(3)25(21)20-24-9-13-37(14-10-24)29-26(32)7-5-11-34-29)31(39)38-17-15-36(16-18-38)27-8-6-12-35-30(27)41(4,33)40;1-20-15-21(2)27(36-24-7-9-37(10-8-24)28-6-4-3-5-22(28)19-34)18-25(20)31(40)39-13-11-38(12-14-39)30-26(33)16-23(32)17-29(30)43(35,41)42/h5-8,11-12,19,24,33H,9-10,13-18,20H2,1-4H3;3-6,15-18,24,36H,7-14H2,1-2H3,(H2,35,41,42)/t41-;/m1./s1. The van der Waals surface area contributed by atoms with Gasteiger partial charge < -0.3 is 34.7 Å². The summed E-state index contributed by atoms with van der Waals surface area (Å²) in [5, 5.41) is 19.3. The maximum Gasteiger partial charge on any atom is 0.254 e. The monoisotopic (exact) mass is 1200 g/mol. The zero-order chi connectivity index (χ0) is 60.2. The summed E-state index contributed by atoms with van der Waals surface area (Å²) in [6.07, 6.45) is 9.60. The number of nitrogens with one attached hydrogen (secondary N) is 2. The van der Waals surface area contributed by atoms with Gasteiger partial charge in [-0.15, -0.1) is 0 Å². The molecule has 2 aromatic heterocycles. The molecule has 6 aromatic rings. The number of carbonyl (C=O) groups excluding carboxylic acids is 2. The van der Waals surface area contributed by atoms with E-state index in [1.54, 1.807) is 23.4 Å². The minimum Gasteiger partial charge on any atom is -0.382 e. The Morgan fingerprint density at radius 3 is 1.93 bits per heavy atom. The molecule has 4 aliphatic rings. The number of piperazine rings is 2. The van der Waals surface area contributed by atoms with Gasteiger partial charge in [-0.05, 0) is 155 Å². The van der Waals surface area contributed by atoms with Crippen LogP contribution in [0.25, 0.3) is 0 Å². The third-order valence-electron chi connectivity index (χ3n) is 16.7. The lowest BCUT2D eigenvalue weighted by molar-refractivity contribution is 0.0737. The number of aryl methyl sites for hydroxylation is 4. The first-order valence-electron chi connectivity index (χ1n) is 28.4. The van der Waals surface area contributed by atoms with E-state index in [0.717, 1.165) is 109 Å². The molecule has 0 saturated carbocycles. The number of nitrogens with two attached hydrogens (primary N) is 1. The lowest BCUT2D eigenvalue weighted by Crippen LogP contribution is -2.49. The molecular formula is C62H73ClF2N12O5S2. The number of nitriles is 1. The number of para-hydroxylation sites is 1. The number of sulfonamides is 1. The Bertz CT molecular complexity index is 3720. The van der Waals surface area contributed by atoms with Crippen molar-refractivity contribution in [1.29, 1.82) is 10.0 Å². The average molecular weight is 1200 g/mol. The zero-order valence-electron chi connectivity index (χ0n) is 48.4. The summed E-state index contributed by atoms with van der Waals surface area (Å²) in [4.78, 5) is 47.3. The van der Waals surface area contributed by atoms with E-state index in [1.165, 1.54) is 22.3 Å². The number of amides is 2. The van der Waals surface area contributed by atoms with Gasteiger partial charge in [0.25, 0.3) is 11.8 Å². The van der Waals surface area contributed by atoms with Crippen LogP contribution in [-0.2, 0) is 26.2 Å². The van der Waals surface area contributed by atoms with E-state index in [-0.39, 0.29) is 49.7 Å². The van der Waals surface area contributed by atoms with E-state index in [9.17, 15) is 36.3 Å². The van der Waals surface area contributed by atoms with Crippen LogP contribution in [0.2, 0.25) is 5.02 Å². The van der Waals surface area contributed by atoms with E-state index in [4.69, 9.17) is 21.5 Å². The number of piperidine rings is 2. The maximum absolute atomic E-state index is 14.7. The molecule has 4 aromatic carbocycles. The van der Waals surface area contributed by atoms with Gasteiger partial charge in [0, 0.05) is 126 Å². The van der Waals surface area contributed by atoms with Gasteiger partial charge in [0.2, 0.25) is 10.0 Å². The minimum absolute atomic E-state index is 0.0757. The quantitative estimate of drug-likeness (QED) is 0.104. The van der Waals surface area contributed by atoms with E-state index in [0.29, 0.717) is 65.4 Å². The summed E-state index contributed by atoms with van der Waals surface area (Å²) >= 11 is 6.39. The molecule has 17 nitrogen and oxygen atoms in total. The van der Waals surface area contributed by atoms with Crippen molar-refractivity contribution in [3.8, 4) is 6.07 Å². The fraction of sp³-hybridized carbons (Fsp3) is 0.403. The Balaban J connectivity index is 0.000000202. The molecule has 22 heteroatoms. The number of rotatable bonds is 12. The van der Waals surface area contributed by atoms with Crippen molar-refractivity contribution in [1.82, 2.24) is 19.8 Å². The van der Waals surface area contributed by atoms with Gasteiger partial charge in [-0.1, -0.05) is 35.9 Å². The van der Waals surface area contributed by atoms with Crippen LogP contribution in [0, 0.1) is 68.3 Å². The Hall–Kier alpha value is -7.38. The fourth-order valence-corrected chi connectivity index (χ4v) is 14.2. The highest BCUT2D eigenvalue weighted by molar-refractivity contribution is 7.91. The molecule has 6 heterocycles. The topological polar surface area (TPSA) is 216 Å². The number of pyridine rings is 2. The molecule has 4 aliphatic heterocycles. The van der Waals surface area contributed by atoms with Crippen molar-refractivity contribution in [2.45, 2.75) is 82.7 Å². The lowest BCUT2D eigenvalue weighted by atomic mass is 9.84. The van der Waals surface area contributed by atoms with Crippen LogP contribution in [0.15, 0.2) is 101 Å². The molecule has 1 atom stereocenters. The van der Waals surface area contributed by atoms with Crippen LogP contribution in [-0.4, -0.2) is 135 Å². The molecule has 84 heavy (non-hydrogen) atoms. The van der Waals surface area contributed by atoms with Gasteiger partial charge in [-0.2, -0.15) is 5.26 Å². The minimum atomic E-state index is -4.37. The normalized spacial score (nSPS) is 17.1. The van der Waals surface area contributed by atoms with E-state index in [2.05, 4.69) is 56.0 Å². The molecule has 444 valence electrons. The molecule has 0 radical (unpaired) electrons. The second-order valence-corrected chi connectivity index (χ2v) is 26.5. The van der Waals surface area contributed by atoms with Crippen molar-refractivity contribution in [2.75, 3.05) is 110 Å². The number of aromatic nitrogens is 2. The van der Waals surface area contributed by atoms with Crippen molar-refractivity contribution < 1.29 is 31.0 Å². The molecule has 0 spiro atoms. The molecule has 4 saturated heterocycles. The van der Waals surface area contributed by atoms with Crippen LogP contribution in [0.1, 0.15) is 85.3 Å². The van der Waals surface area contributed by atoms with E-state index < -0.39 is 36.3 Å². The summed E-state index contributed by atoms with van der Waals surface area (Å²) in [5.74, 6) is -0.741. The van der Waals surface area contributed by atoms with Gasteiger partial charge in [-0.25, -0.2) is 41.3 Å². The van der Waals surface area contributed by atoms with E-state index >= 15 is 0 Å². The van der Waals surface area contributed by atoms with Crippen LogP contribution >= 0.6 is 11.6 Å². The summed E-state index contributed by atoms with van der Waals surface area (Å²) in [5.41, 5.74) is 10.8. The first kappa shape index (κ1) is 61.2. The highest BCUT2D eigenvalue weighted by Gasteiger charge is 2.32. The van der Waals surface area contributed by atoms with Gasteiger partial charge in [0.15, 0.2) is 10.8 Å². The van der Waals surface area contributed by atoms with Gasteiger partial charge in [0.1, 0.15) is 22.6 Å². The predicted molar refractivity (Wildman–Crippen MR) is 328 cm³/mol. The number of hydrogen-bond acceptors (Lipinski definition) is 14. The zero-order valence-corrected chi connectivity index (χ0v) is 50.8. The smallest absolute Gasteiger partial charge is 0.254 e. The highest BCUT2D eigenvalue weighted by Crippen LogP contribution is 2.35. The third kappa shape index (κ3) is 13.7. The van der Waals surface area contributed by atoms with Crippen molar-refractivity contribution >= 4 is 71.7 Å². The molecule has 0 unspecified atom stereocenters. The first-order valence-corrected chi connectivity index (χ1v) is 32.3. The number of carbonyl (C=O) groups is 2. The Labute approximate surface area is 497 Å². The van der Waals surface area contributed by atoms with Crippen molar-refractivity contribution in [2.24, 2.45) is 11.1 Å². The number of halogens is 3. The highest BCUT2D eigenvalue weighted by atomic mass is 35.5. The summed E-state index contributed by atoms with van der Waals surface area (Å²) in [6.45, 7) is 16.7. The SMILES string of the molecule is Cc1cc(C)c(C(=O)N2CCN(c3c(F)cc(F)cc3S(N)(=O)=O)CC2)cc1NC1CCN(c2ccccc2C#N)CC1.Cc1cc(C)c(C(=O)N2CCN(c3cccnc3[S@](C)(=N)=O)CC2)c(C)c1CC1CCN(c2ncccc2Cl)CC1. The maximum atomic E-state index is 14.7. The van der Waals surface area contributed by atoms with E-state index in [1.807, 2.05) is 80.3 Å². The summed E-state index contributed by atoms with van der Waals surface area (Å²) in [6, 6.07) is 24.9. The fourth-order valence-electron chi connectivity index (χ4n) is 12.3. The average Bonchev–Trinajstić information content (AvgIpc) is 2.64. The Kier molecular flexibility index (Phi) is 18.8. The second kappa shape index (κ2) is 25.9. The van der Waals surface area contributed by atoms with Gasteiger partial charge >= 0.3 is 0 Å². The molecule has 2 amide bonds. The molecule has 4 fully saturated rings. The molecule has 0 aliphatic carbocycles. The number of benzene rings is 4. The molecule has 0 bridgehead atoms. The lowest BCUT2D eigenvalue weighted by Gasteiger charge is -2.37. The van der Waals surface area contributed by atoms with Crippen molar-refractivity contribution in [3.63, 3.8) is 0 Å². The van der Waals surface area contributed by atoms with Gasteiger partial charge in [0.05, 0.1) is 37.4 Å². The molecule has 4 N–H and O–H groups in total. The van der Waals surface area contributed by atoms with Crippen LogP contribution in [0.4, 0.5) is 37.3 Å². The largest absolute Gasteiger partial charge is 0.382 e. The third-order valence-corrected chi connectivity index (χ3v) is 19.0. The molecule has 10 rings (SSSR count). The number of nitrogens with zero attached hydrogens (tertiary/aromatic N) is 9. The first-order chi connectivity index (χ1) is 40.0. The number of primary sulfonamides is 1. The van der Waals surface area contributed by atoms with Crippen LogP contribution < -0.4 is 30.1 Å². The Morgan fingerprint density at radius 1 is 0.702 bits per heavy atom. The van der Waals surface area contributed by atoms with Crippen LogP contribution in [0.3, 0.4) is 0 Å². The summed E-state index contributed by atoms with van der Waals surface area (Å²) in [7, 11) is -7.33. The van der Waals surface area contributed by atoms with Crippen LogP contribution in [0.5, 0.6) is 0 Å². The Morgan fingerprint density at radius 2 is 1.29 bits per heavy atom.